The van der Waals surface area contributed by atoms with E-state index in [4.69, 9.17) is 0 Å². The molecule has 0 atom stereocenters. The van der Waals surface area contributed by atoms with Crippen LogP contribution in [0, 0.1) is 5.92 Å². The van der Waals surface area contributed by atoms with Crippen molar-refractivity contribution in [3.63, 3.8) is 0 Å². The molecular weight excluding hydrogens is 338 g/mol. The van der Waals surface area contributed by atoms with Crippen molar-refractivity contribution in [2.45, 2.75) is 70.3 Å². The molecule has 2 amide bonds. The molecule has 27 heavy (non-hydrogen) atoms. The van der Waals surface area contributed by atoms with Gasteiger partial charge in [-0.3, -0.25) is 9.59 Å². The summed E-state index contributed by atoms with van der Waals surface area (Å²) in [5, 5.41) is 6.18. The van der Waals surface area contributed by atoms with Gasteiger partial charge >= 0.3 is 0 Å². The molecule has 0 radical (unpaired) electrons. The van der Waals surface area contributed by atoms with Crippen LogP contribution in [0.4, 0.5) is 11.4 Å². The lowest BCUT2D eigenvalue weighted by atomic mass is 9.88. The highest BCUT2D eigenvalue weighted by Gasteiger charge is 2.27. The summed E-state index contributed by atoms with van der Waals surface area (Å²) in [5.41, 5.74) is 2.45. The Bertz CT molecular complexity index is 687. The number of benzene rings is 1. The van der Waals surface area contributed by atoms with Gasteiger partial charge in [0.2, 0.25) is 5.91 Å². The number of hydrogen-bond donors (Lipinski definition) is 2. The second-order valence-electron chi connectivity index (χ2n) is 8.35. The Labute approximate surface area is 161 Å². The molecule has 5 heteroatoms. The number of nitrogens with zero attached hydrogens (tertiary/aromatic N) is 1. The van der Waals surface area contributed by atoms with Gasteiger partial charge in [-0.05, 0) is 63.1 Å². The molecule has 0 spiro atoms. The van der Waals surface area contributed by atoms with E-state index >= 15 is 0 Å². The van der Waals surface area contributed by atoms with E-state index in [9.17, 15) is 9.59 Å². The lowest BCUT2D eigenvalue weighted by molar-refractivity contribution is -0.120. The number of nitrogens with one attached hydrogen (secondary N) is 2. The summed E-state index contributed by atoms with van der Waals surface area (Å²) in [6.45, 7) is 2.00. The van der Waals surface area contributed by atoms with Crippen molar-refractivity contribution in [2.75, 3.05) is 23.3 Å². The summed E-state index contributed by atoms with van der Waals surface area (Å²) < 4.78 is 0. The molecule has 1 aliphatic heterocycles. The molecule has 0 bridgehead atoms. The van der Waals surface area contributed by atoms with E-state index in [2.05, 4.69) is 15.5 Å². The molecular formula is C22H31N3O2. The van der Waals surface area contributed by atoms with Gasteiger partial charge in [0.1, 0.15) is 0 Å². The lowest BCUT2D eigenvalue weighted by Gasteiger charge is -2.30. The predicted octanol–water partition coefficient (Wildman–Crippen LogP) is 4.09. The van der Waals surface area contributed by atoms with Gasteiger partial charge in [-0.2, -0.15) is 0 Å². The van der Waals surface area contributed by atoms with Gasteiger partial charge in [0.05, 0.1) is 5.56 Å². The molecule has 1 saturated heterocycles. The van der Waals surface area contributed by atoms with Gasteiger partial charge < -0.3 is 15.5 Å². The minimum Gasteiger partial charge on any atom is -0.371 e. The Kier molecular flexibility index (Phi) is 5.65. The maximum Gasteiger partial charge on any atom is 0.253 e. The Balaban J connectivity index is 1.53. The molecule has 1 aromatic carbocycles. The first kappa shape index (κ1) is 18.3. The zero-order valence-electron chi connectivity index (χ0n) is 16.1. The van der Waals surface area contributed by atoms with Crippen LogP contribution in [0.2, 0.25) is 0 Å². The molecule has 146 valence electrons. The smallest absolute Gasteiger partial charge is 0.253 e. The SMILES string of the molecule is O=C(NC1CC1)c1cc(NC(=O)C2CCCCC2)ccc1N1CCCCC1. The lowest BCUT2D eigenvalue weighted by Crippen LogP contribution is -2.33. The molecule has 2 saturated carbocycles. The number of amides is 2. The topological polar surface area (TPSA) is 61.4 Å². The van der Waals surface area contributed by atoms with E-state index in [1.165, 1.54) is 25.7 Å². The number of carbonyl (C=O) groups is 2. The molecule has 1 aromatic rings. The third-order valence-electron chi connectivity index (χ3n) is 6.09. The number of piperidine rings is 1. The number of rotatable bonds is 5. The van der Waals surface area contributed by atoms with Gasteiger partial charge in [0.25, 0.3) is 5.91 Å². The minimum atomic E-state index is -0.00756. The van der Waals surface area contributed by atoms with Crippen LogP contribution in [-0.2, 0) is 4.79 Å². The van der Waals surface area contributed by atoms with Gasteiger partial charge in [-0.15, -0.1) is 0 Å². The van der Waals surface area contributed by atoms with E-state index in [0.29, 0.717) is 11.6 Å². The van der Waals surface area contributed by atoms with E-state index in [-0.39, 0.29) is 17.7 Å². The average Bonchev–Trinajstić information content (AvgIpc) is 3.53. The molecule has 3 fully saturated rings. The Morgan fingerprint density at radius 2 is 1.59 bits per heavy atom. The summed E-state index contributed by atoms with van der Waals surface area (Å²) in [6, 6.07) is 6.18. The largest absolute Gasteiger partial charge is 0.371 e. The van der Waals surface area contributed by atoms with Gasteiger partial charge in [-0.25, -0.2) is 0 Å². The molecule has 4 rings (SSSR count). The minimum absolute atomic E-state index is 0.00756. The molecule has 5 nitrogen and oxygen atoms in total. The zero-order chi connectivity index (χ0) is 18.6. The van der Waals surface area contributed by atoms with E-state index in [1.54, 1.807) is 0 Å². The molecule has 0 aromatic heterocycles. The van der Waals surface area contributed by atoms with Crippen molar-refractivity contribution in [3.8, 4) is 0 Å². The second-order valence-corrected chi connectivity index (χ2v) is 8.35. The van der Waals surface area contributed by atoms with Crippen molar-refractivity contribution >= 4 is 23.2 Å². The third kappa shape index (κ3) is 4.63. The first-order valence-corrected chi connectivity index (χ1v) is 10.7. The third-order valence-corrected chi connectivity index (χ3v) is 6.09. The molecule has 0 unspecified atom stereocenters. The standard InChI is InChI=1S/C22H31N3O2/c26-21(16-7-3-1-4-8-16)24-18-11-12-20(25-13-5-2-6-14-25)19(15-18)22(27)23-17-9-10-17/h11-12,15-17H,1-10,13-14H2,(H,23,27)(H,24,26). The van der Waals surface area contributed by atoms with Crippen LogP contribution in [0.3, 0.4) is 0 Å². The highest BCUT2D eigenvalue weighted by Crippen LogP contribution is 2.30. The fourth-order valence-corrected chi connectivity index (χ4v) is 4.31. The van der Waals surface area contributed by atoms with E-state index < -0.39 is 0 Å². The van der Waals surface area contributed by atoms with E-state index in [0.717, 1.165) is 63.0 Å². The van der Waals surface area contributed by atoms with Crippen molar-refractivity contribution in [2.24, 2.45) is 5.92 Å². The maximum absolute atomic E-state index is 12.8. The fourth-order valence-electron chi connectivity index (χ4n) is 4.31. The quantitative estimate of drug-likeness (QED) is 0.822. The van der Waals surface area contributed by atoms with Crippen LogP contribution in [0.25, 0.3) is 0 Å². The van der Waals surface area contributed by atoms with Crippen molar-refractivity contribution < 1.29 is 9.59 Å². The summed E-state index contributed by atoms with van der Waals surface area (Å²) in [6.07, 6.45) is 11.2. The van der Waals surface area contributed by atoms with Crippen LogP contribution >= 0.6 is 0 Å². The Hall–Kier alpha value is -2.04. The maximum atomic E-state index is 12.8. The normalized spacial score (nSPS) is 21.0. The molecule has 3 aliphatic rings. The Morgan fingerprint density at radius 1 is 0.889 bits per heavy atom. The number of carbonyl (C=O) groups excluding carboxylic acids is 2. The Morgan fingerprint density at radius 3 is 2.30 bits per heavy atom. The van der Waals surface area contributed by atoms with Gasteiger partial charge in [0, 0.05) is 36.4 Å². The van der Waals surface area contributed by atoms with Crippen molar-refractivity contribution in [3.05, 3.63) is 23.8 Å². The zero-order valence-corrected chi connectivity index (χ0v) is 16.1. The summed E-state index contributed by atoms with van der Waals surface area (Å²) in [5.74, 6) is 0.213. The van der Waals surface area contributed by atoms with Crippen LogP contribution in [-0.4, -0.2) is 30.9 Å². The van der Waals surface area contributed by atoms with Gasteiger partial charge in [-0.1, -0.05) is 19.3 Å². The monoisotopic (exact) mass is 369 g/mol. The fraction of sp³-hybridized carbons (Fsp3) is 0.636. The highest BCUT2D eigenvalue weighted by molar-refractivity contribution is 6.02. The second kappa shape index (κ2) is 8.32. The predicted molar refractivity (Wildman–Crippen MR) is 108 cm³/mol. The van der Waals surface area contributed by atoms with Crippen LogP contribution in [0.5, 0.6) is 0 Å². The highest BCUT2D eigenvalue weighted by atomic mass is 16.2. The van der Waals surface area contributed by atoms with Crippen LogP contribution in [0.15, 0.2) is 18.2 Å². The molecule has 1 heterocycles. The average molecular weight is 370 g/mol. The van der Waals surface area contributed by atoms with Gasteiger partial charge in [0.15, 0.2) is 0 Å². The van der Waals surface area contributed by atoms with Crippen molar-refractivity contribution in [1.82, 2.24) is 5.32 Å². The summed E-state index contributed by atoms with van der Waals surface area (Å²) in [4.78, 5) is 27.8. The number of hydrogen-bond acceptors (Lipinski definition) is 3. The molecule has 2 N–H and O–H groups in total. The summed E-state index contributed by atoms with van der Waals surface area (Å²) >= 11 is 0. The van der Waals surface area contributed by atoms with Crippen LogP contribution in [0.1, 0.15) is 74.6 Å². The summed E-state index contributed by atoms with van der Waals surface area (Å²) in [7, 11) is 0. The molecule has 2 aliphatic carbocycles. The first-order chi connectivity index (χ1) is 13.2. The first-order valence-electron chi connectivity index (χ1n) is 10.7. The van der Waals surface area contributed by atoms with Crippen molar-refractivity contribution in [1.29, 1.82) is 0 Å². The van der Waals surface area contributed by atoms with E-state index in [1.807, 2.05) is 18.2 Å². The number of anilines is 2. The van der Waals surface area contributed by atoms with Crippen LogP contribution < -0.4 is 15.5 Å².